The van der Waals surface area contributed by atoms with E-state index in [2.05, 4.69) is 4.98 Å². The summed E-state index contributed by atoms with van der Waals surface area (Å²) in [4.78, 5) is 19.3. The Kier molecular flexibility index (Phi) is 10.1. The number of aromatic nitrogens is 1. The van der Waals surface area contributed by atoms with Crippen molar-refractivity contribution < 1.29 is 19.0 Å². The number of amides is 1. The van der Waals surface area contributed by atoms with E-state index in [9.17, 15) is 4.79 Å². The minimum absolute atomic E-state index is 0.171. The van der Waals surface area contributed by atoms with E-state index in [1.807, 2.05) is 77.1 Å². The molecular formula is C25H37N3O4. The minimum atomic E-state index is -0.697. The fraction of sp³-hybridized carbons (Fsp3) is 0.520. The van der Waals surface area contributed by atoms with Gasteiger partial charge in [0.25, 0.3) is 0 Å². The highest BCUT2D eigenvalue weighted by atomic mass is 16.7. The average Bonchev–Trinajstić information content (AvgIpc) is 2.74. The Morgan fingerprint density at radius 1 is 1.06 bits per heavy atom. The number of carbonyl (C=O) groups excluding carboxylic acids is 1. The molecule has 0 aliphatic carbocycles. The van der Waals surface area contributed by atoms with Crippen LogP contribution in [0.2, 0.25) is 0 Å². The van der Waals surface area contributed by atoms with E-state index < -0.39 is 12.3 Å². The molecule has 7 nitrogen and oxygen atoms in total. The van der Waals surface area contributed by atoms with Crippen molar-refractivity contribution in [2.24, 2.45) is 5.73 Å². The van der Waals surface area contributed by atoms with E-state index in [-0.39, 0.29) is 18.1 Å². The second kappa shape index (κ2) is 12.5. The van der Waals surface area contributed by atoms with Crippen molar-refractivity contribution in [3.05, 3.63) is 59.9 Å². The Labute approximate surface area is 191 Å². The molecule has 0 saturated heterocycles. The Balaban J connectivity index is 2.10. The molecule has 1 aromatic heterocycles. The van der Waals surface area contributed by atoms with Gasteiger partial charge in [-0.3, -0.25) is 9.78 Å². The second-order valence-electron chi connectivity index (χ2n) is 8.55. The monoisotopic (exact) mass is 443 g/mol. The van der Waals surface area contributed by atoms with Crippen molar-refractivity contribution in [3.63, 3.8) is 0 Å². The molecule has 0 aliphatic rings. The van der Waals surface area contributed by atoms with E-state index in [4.69, 9.17) is 19.9 Å². The van der Waals surface area contributed by atoms with Crippen LogP contribution in [0.5, 0.6) is 5.75 Å². The minimum Gasteiger partial charge on any atom is -0.488 e. The maximum Gasteiger partial charge on any atom is 0.240 e. The maximum absolute atomic E-state index is 13.3. The van der Waals surface area contributed by atoms with Crippen molar-refractivity contribution in [3.8, 4) is 5.75 Å². The molecule has 1 heterocycles. The Bertz CT molecular complexity index is 800. The van der Waals surface area contributed by atoms with Gasteiger partial charge in [-0.25, -0.2) is 0 Å². The molecule has 0 saturated carbocycles. The van der Waals surface area contributed by atoms with Crippen LogP contribution >= 0.6 is 0 Å². The average molecular weight is 444 g/mol. The first-order valence-electron chi connectivity index (χ1n) is 11.2. The van der Waals surface area contributed by atoms with Gasteiger partial charge in [0.15, 0.2) is 6.29 Å². The summed E-state index contributed by atoms with van der Waals surface area (Å²) in [6, 6.07) is 12.6. The van der Waals surface area contributed by atoms with Crippen LogP contribution in [0, 0.1) is 0 Å². The van der Waals surface area contributed by atoms with E-state index in [0.717, 1.165) is 17.0 Å². The van der Waals surface area contributed by atoms with Crippen LogP contribution in [-0.4, -0.2) is 53.5 Å². The van der Waals surface area contributed by atoms with Gasteiger partial charge in [0.05, 0.1) is 24.8 Å². The quantitative estimate of drug-likeness (QED) is 0.505. The molecule has 1 amide bonds. The molecule has 7 heteroatoms. The maximum atomic E-state index is 13.3. The van der Waals surface area contributed by atoms with Crippen molar-refractivity contribution in [2.75, 3.05) is 19.8 Å². The van der Waals surface area contributed by atoms with Crippen molar-refractivity contribution in [1.82, 2.24) is 9.88 Å². The highest BCUT2D eigenvalue weighted by molar-refractivity contribution is 5.82. The summed E-state index contributed by atoms with van der Waals surface area (Å²) in [5, 5.41) is 0. The Morgan fingerprint density at radius 3 is 2.25 bits per heavy atom. The lowest BCUT2D eigenvalue weighted by Gasteiger charge is -2.29. The SMILES string of the molecule is CCOC(CN(Cc1ccccn1)C(=O)C(N)Cc1ccc(OC(C)(C)C)cc1)OCC. The predicted octanol–water partition coefficient (Wildman–Crippen LogP) is 3.56. The molecule has 2 aromatic rings. The van der Waals surface area contributed by atoms with Gasteiger partial charge in [0.1, 0.15) is 11.4 Å². The first kappa shape index (κ1) is 25.8. The lowest BCUT2D eigenvalue weighted by molar-refractivity contribution is -0.160. The fourth-order valence-electron chi connectivity index (χ4n) is 3.25. The Hall–Kier alpha value is -2.48. The highest BCUT2D eigenvalue weighted by Gasteiger charge is 2.25. The van der Waals surface area contributed by atoms with Gasteiger partial charge < -0.3 is 24.8 Å². The molecule has 0 bridgehead atoms. The predicted molar refractivity (Wildman–Crippen MR) is 125 cm³/mol. The van der Waals surface area contributed by atoms with Crippen LogP contribution in [-0.2, 0) is 27.2 Å². The zero-order valence-corrected chi connectivity index (χ0v) is 19.9. The summed E-state index contributed by atoms with van der Waals surface area (Å²) in [5.74, 6) is 0.615. The largest absolute Gasteiger partial charge is 0.488 e. The van der Waals surface area contributed by atoms with E-state index in [1.165, 1.54) is 0 Å². The van der Waals surface area contributed by atoms with Crippen molar-refractivity contribution in [1.29, 1.82) is 0 Å². The van der Waals surface area contributed by atoms with Gasteiger partial charge in [-0.1, -0.05) is 18.2 Å². The van der Waals surface area contributed by atoms with Crippen LogP contribution in [0.15, 0.2) is 48.7 Å². The molecule has 1 aromatic carbocycles. The van der Waals surface area contributed by atoms with Gasteiger partial charge in [-0.2, -0.15) is 0 Å². The zero-order valence-electron chi connectivity index (χ0n) is 19.9. The first-order chi connectivity index (χ1) is 15.2. The third-order valence-electron chi connectivity index (χ3n) is 4.59. The number of hydrogen-bond donors (Lipinski definition) is 1. The van der Waals surface area contributed by atoms with E-state index >= 15 is 0 Å². The van der Waals surface area contributed by atoms with Gasteiger partial charge in [0.2, 0.25) is 5.91 Å². The number of benzene rings is 1. The van der Waals surface area contributed by atoms with Crippen LogP contribution in [0.1, 0.15) is 45.9 Å². The number of ether oxygens (including phenoxy) is 3. The molecular weight excluding hydrogens is 406 g/mol. The van der Waals surface area contributed by atoms with Crippen LogP contribution in [0.25, 0.3) is 0 Å². The third-order valence-corrected chi connectivity index (χ3v) is 4.59. The topological polar surface area (TPSA) is 86.9 Å². The summed E-state index contributed by atoms with van der Waals surface area (Å²) in [6.07, 6.45) is 1.61. The lowest BCUT2D eigenvalue weighted by Crippen LogP contribution is -2.48. The van der Waals surface area contributed by atoms with E-state index in [0.29, 0.717) is 26.2 Å². The van der Waals surface area contributed by atoms with Crippen LogP contribution < -0.4 is 10.5 Å². The summed E-state index contributed by atoms with van der Waals surface area (Å²) >= 11 is 0. The molecule has 1 atom stereocenters. The summed E-state index contributed by atoms with van der Waals surface area (Å²) < 4.78 is 17.2. The normalized spacial score (nSPS) is 12.6. The number of nitrogens with zero attached hydrogens (tertiary/aromatic N) is 2. The molecule has 1 unspecified atom stereocenters. The van der Waals surface area contributed by atoms with Crippen LogP contribution in [0.4, 0.5) is 0 Å². The molecule has 32 heavy (non-hydrogen) atoms. The molecule has 0 fully saturated rings. The standard InChI is InChI=1S/C25H37N3O4/c1-6-30-23(31-7-2)18-28(17-20-10-8-9-15-27-20)24(29)22(26)16-19-11-13-21(14-12-19)32-25(3,4)5/h8-15,22-23H,6-7,16-18,26H2,1-5H3. The number of hydrogen-bond acceptors (Lipinski definition) is 6. The highest BCUT2D eigenvalue weighted by Crippen LogP contribution is 2.19. The number of nitrogens with two attached hydrogens (primary N) is 1. The smallest absolute Gasteiger partial charge is 0.240 e. The second-order valence-corrected chi connectivity index (χ2v) is 8.55. The molecule has 0 radical (unpaired) electrons. The van der Waals surface area contributed by atoms with Gasteiger partial charge in [-0.05, 0) is 70.9 Å². The van der Waals surface area contributed by atoms with Gasteiger partial charge in [-0.15, -0.1) is 0 Å². The molecule has 0 spiro atoms. The summed E-state index contributed by atoms with van der Waals surface area (Å²) in [5.41, 5.74) is 7.83. The van der Waals surface area contributed by atoms with E-state index in [1.54, 1.807) is 11.1 Å². The number of rotatable bonds is 12. The summed E-state index contributed by atoms with van der Waals surface area (Å²) in [7, 11) is 0. The zero-order chi connectivity index (χ0) is 23.6. The fourth-order valence-corrected chi connectivity index (χ4v) is 3.25. The van der Waals surface area contributed by atoms with Crippen molar-refractivity contribution in [2.45, 2.75) is 65.5 Å². The Morgan fingerprint density at radius 2 is 1.72 bits per heavy atom. The molecule has 0 aliphatic heterocycles. The first-order valence-corrected chi connectivity index (χ1v) is 11.2. The van der Waals surface area contributed by atoms with Crippen LogP contribution in [0.3, 0.4) is 0 Å². The molecule has 2 N–H and O–H groups in total. The summed E-state index contributed by atoms with van der Waals surface area (Å²) in [6.45, 7) is 11.4. The van der Waals surface area contributed by atoms with Gasteiger partial charge >= 0.3 is 0 Å². The lowest BCUT2D eigenvalue weighted by atomic mass is 10.0. The van der Waals surface area contributed by atoms with Crippen molar-refractivity contribution >= 4 is 5.91 Å². The molecule has 176 valence electrons. The molecule has 2 rings (SSSR count). The van der Waals surface area contributed by atoms with Gasteiger partial charge in [0, 0.05) is 19.4 Å². The number of carbonyl (C=O) groups is 1. The number of pyridine rings is 1. The third kappa shape index (κ3) is 8.94.